The molecule has 0 bridgehead atoms. The Hall–Kier alpha value is -2.08. The number of hydrogen-bond donors (Lipinski definition) is 1. The summed E-state index contributed by atoms with van der Waals surface area (Å²) in [6.07, 6.45) is 0.841. The number of benzene rings is 2. The van der Waals surface area contributed by atoms with Crippen molar-refractivity contribution in [2.45, 2.75) is 6.42 Å². The van der Waals surface area contributed by atoms with Gasteiger partial charge in [0.05, 0.1) is 17.0 Å². The van der Waals surface area contributed by atoms with Gasteiger partial charge in [0.2, 0.25) is 0 Å². The van der Waals surface area contributed by atoms with Crippen LogP contribution >= 0.6 is 22.6 Å². The largest absolute Gasteiger partial charge is 0.353 e. The van der Waals surface area contributed by atoms with Gasteiger partial charge in [-0.1, -0.05) is 36.9 Å². The highest BCUT2D eigenvalue weighted by Crippen LogP contribution is 2.33. The van der Waals surface area contributed by atoms with Crippen molar-refractivity contribution in [1.82, 2.24) is 9.88 Å². The Labute approximate surface area is 148 Å². The minimum absolute atomic E-state index is 0.0179. The summed E-state index contributed by atoms with van der Waals surface area (Å²) in [4.78, 5) is 18.1. The molecule has 3 aromatic rings. The van der Waals surface area contributed by atoms with Gasteiger partial charge in [-0.3, -0.25) is 4.79 Å². The fraction of sp³-hybridized carbons (Fsp3) is 0.105. The van der Waals surface area contributed by atoms with E-state index in [1.54, 1.807) is 4.90 Å². The predicted molar refractivity (Wildman–Crippen MR) is 101 cm³/mol. The third-order valence-corrected chi connectivity index (χ3v) is 5.30. The molecule has 23 heavy (non-hydrogen) atoms. The van der Waals surface area contributed by atoms with Crippen molar-refractivity contribution in [3.05, 3.63) is 75.5 Å². The van der Waals surface area contributed by atoms with Gasteiger partial charge in [-0.15, -0.1) is 0 Å². The van der Waals surface area contributed by atoms with Crippen molar-refractivity contribution in [3.63, 3.8) is 0 Å². The average Bonchev–Trinajstić information content (AvgIpc) is 2.95. The molecule has 0 atom stereocenters. The van der Waals surface area contributed by atoms with E-state index in [1.165, 1.54) is 10.9 Å². The number of nitrogens with zero attached hydrogens (tertiary/aromatic N) is 1. The van der Waals surface area contributed by atoms with E-state index >= 15 is 0 Å². The first-order valence-electron chi connectivity index (χ1n) is 7.52. The van der Waals surface area contributed by atoms with Gasteiger partial charge < -0.3 is 9.88 Å². The van der Waals surface area contributed by atoms with Crippen LogP contribution in [-0.4, -0.2) is 22.3 Å². The van der Waals surface area contributed by atoms with Crippen LogP contribution < -0.4 is 0 Å². The second-order valence-electron chi connectivity index (χ2n) is 5.66. The summed E-state index contributed by atoms with van der Waals surface area (Å²) in [6, 6.07) is 15.9. The van der Waals surface area contributed by atoms with Crippen LogP contribution in [0.4, 0.5) is 0 Å². The minimum atomic E-state index is 0.0179. The number of para-hydroxylation sites is 1. The molecule has 0 unspecified atom stereocenters. The van der Waals surface area contributed by atoms with Crippen molar-refractivity contribution in [1.29, 1.82) is 0 Å². The molecule has 0 spiro atoms. The molecule has 0 fully saturated rings. The van der Waals surface area contributed by atoms with Crippen LogP contribution in [0.2, 0.25) is 0 Å². The van der Waals surface area contributed by atoms with E-state index < -0.39 is 0 Å². The van der Waals surface area contributed by atoms with Crippen molar-refractivity contribution in [3.8, 4) is 0 Å². The number of halogens is 1. The van der Waals surface area contributed by atoms with Crippen molar-refractivity contribution >= 4 is 45.1 Å². The van der Waals surface area contributed by atoms with E-state index in [9.17, 15) is 4.79 Å². The van der Waals surface area contributed by atoms with Gasteiger partial charge in [0.25, 0.3) is 5.91 Å². The number of H-pyrrole nitrogens is 1. The maximum absolute atomic E-state index is 12.9. The lowest BCUT2D eigenvalue weighted by molar-refractivity contribution is 0.0832. The van der Waals surface area contributed by atoms with Gasteiger partial charge in [-0.25, -0.2) is 0 Å². The fourth-order valence-corrected chi connectivity index (χ4v) is 3.82. The lowest BCUT2D eigenvalue weighted by atomic mass is 10.0. The zero-order valence-electron chi connectivity index (χ0n) is 12.5. The average molecular weight is 414 g/mol. The number of amides is 1. The van der Waals surface area contributed by atoms with Crippen LogP contribution in [0.25, 0.3) is 16.6 Å². The Morgan fingerprint density at radius 3 is 2.70 bits per heavy atom. The molecule has 1 aliphatic heterocycles. The molecule has 1 aliphatic rings. The highest BCUT2D eigenvalue weighted by molar-refractivity contribution is 14.1. The van der Waals surface area contributed by atoms with Gasteiger partial charge >= 0.3 is 0 Å². The normalized spacial score (nSPS) is 14.1. The second-order valence-corrected chi connectivity index (χ2v) is 6.82. The number of hydrogen-bond acceptors (Lipinski definition) is 1. The highest BCUT2D eigenvalue weighted by Gasteiger charge is 2.28. The molecule has 1 amide bonds. The number of aromatic amines is 1. The number of carbonyl (C=O) groups is 1. The van der Waals surface area contributed by atoms with Gasteiger partial charge in [-0.05, 0) is 52.8 Å². The van der Waals surface area contributed by atoms with Crippen molar-refractivity contribution in [2.75, 3.05) is 6.54 Å². The van der Waals surface area contributed by atoms with E-state index in [2.05, 4.69) is 46.3 Å². The Morgan fingerprint density at radius 1 is 1.13 bits per heavy atom. The monoisotopic (exact) mass is 414 g/mol. The topological polar surface area (TPSA) is 36.1 Å². The van der Waals surface area contributed by atoms with Gasteiger partial charge in [0, 0.05) is 21.0 Å². The van der Waals surface area contributed by atoms with E-state index in [0.717, 1.165) is 32.5 Å². The Bertz CT molecular complexity index is 941. The molecule has 0 aliphatic carbocycles. The molecule has 0 radical (unpaired) electrons. The summed E-state index contributed by atoms with van der Waals surface area (Å²) in [5, 5.41) is 1.23. The van der Waals surface area contributed by atoms with Crippen LogP contribution in [0, 0.1) is 3.57 Å². The molecule has 3 nitrogen and oxygen atoms in total. The highest BCUT2D eigenvalue weighted by atomic mass is 127. The van der Waals surface area contributed by atoms with Gasteiger partial charge in [0.15, 0.2) is 0 Å². The third-order valence-electron chi connectivity index (χ3n) is 4.36. The first kappa shape index (κ1) is 14.5. The van der Waals surface area contributed by atoms with Gasteiger partial charge in [-0.2, -0.15) is 0 Å². The number of aromatic nitrogens is 1. The summed E-state index contributed by atoms with van der Waals surface area (Å²) < 4.78 is 0.963. The summed E-state index contributed by atoms with van der Waals surface area (Å²) in [7, 11) is 0. The maximum atomic E-state index is 12.9. The quantitative estimate of drug-likeness (QED) is 0.588. The molecule has 4 heteroatoms. The molecular weight excluding hydrogens is 399 g/mol. The molecule has 2 aromatic carbocycles. The zero-order valence-corrected chi connectivity index (χ0v) is 14.6. The Kier molecular flexibility index (Phi) is 3.49. The zero-order chi connectivity index (χ0) is 16.0. The van der Waals surface area contributed by atoms with E-state index in [-0.39, 0.29) is 5.91 Å². The number of carbonyl (C=O) groups excluding carboxylic acids is 1. The Balaban J connectivity index is 1.75. The van der Waals surface area contributed by atoms with Gasteiger partial charge in [0.1, 0.15) is 0 Å². The predicted octanol–water partition coefficient (Wildman–Crippen LogP) is 4.44. The van der Waals surface area contributed by atoms with Crippen LogP contribution in [-0.2, 0) is 6.42 Å². The molecule has 4 rings (SSSR count). The van der Waals surface area contributed by atoms with E-state index in [0.29, 0.717) is 6.54 Å². The van der Waals surface area contributed by atoms with Crippen molar-refractivity contribution < 1.29 is 4.79 Å². The van der Waals surface area contributed by atoms with Crippen LogP contribution in [0.15, 0.2) is 55.1 Å². The molecule has 0 saturated carbocycles. The summed E-state index contributed by atoms with van der Waals surface area (Å²) in [5.41, 5.74) is 4.83. The standard InChI is InChI=1S/C19H15IN2O/c1-12-18-14(13-6-3-5-9-17(13)21-18)10-11-22(12)19(23)15-7-2-4-8-16(15)20/h2-9,21H,1,10-11H2. The maximum Gasteiger partial charge on any atom is 0.259 e. The first-order valence-corrected chi connectivity index (χ1v) is 8.60. The summed E-state index contributed by atoms with van der Waals surface area (Å²) in [5.74, 6) is 0.0179. The molecule has 2 heterocycles. The first-order chi connectivity index (χ1) is 11.2. The minimum Gasteiger partial charge on any atom is -0.353 e. The molecule has 1 aromatic heterocycles. The number of fused-ring (bicyclic) bond motifs is 3. The van der Waals surface area contributed by atoms with Crippen LogP contribution in [0.5, 0.6) is 0 Å². The second kappa shape index (κ2) is 5.53. The van der Waals surface area contributed by atoms with Crippen LogP contribution in [0.1, 0.15) is 21.6 Å². The third kappa shape index (κ3) is 2.28. The lowest BCUT2D eigenvalue weighted by Gasteiger charge is -2.29. The fourth-order valence-electron chi connectivity index (χ4n) is 3.20. The van der Waals surface area contributed by atoms with Crippen LogP contribution in [0.3, 0.4) is 0 Å². The molecule has 114 valence electrons. The number of nitrogens with one attached hydrogen (secondary N) is 1. The van der Waals surface area contributed by atoms with Crippen molar-refractivity contribution in [2.24, 2.45) is 0 Å². The van der Waals surface area contributed by atoms with E-state index in [4.69, 9.17) is 0 Å². The lowest BCUT2D eigenvalue weighted by Crippen LogP contribution is -2.34. The Morgan fingerprint density at radius 2 is 1.87 bits per heavy atom. The molecule has 0 saturated heterocycles. The smallest absolute Gasteiger partial charge is 0.259 e. The van der Waals surface area contributed by atoms with E-state index in [1.807, 2.05) is 36.4 Å². The molecular formula is C19H15IN2O. The SMILES string of the molecule is C=C1c2[nH]c3ccccc3c2CCN1C(=O)c1ccccc1I. The molecule has 1 N–H and O–H groups in total. The summed E-state index contributed by atoms with van der Waals surface area (Å²) in [6.45, 7) is 4.84. The summed E-state index contributed by atoms with van der Waals surface area (Å²) >= 11 is 2.21. The number of rotatable bonds is 1.